The van der Waals surface area contributed by atoms with Crippen molar-refractivity contribution in [2.24, 2.45) is 0 Å². The molecule has 0 aromatic heterocycles. The molecule has 2 aromatic carbocycles. The van der Waals surface area contributed by atoms with Gasteiger partial charge in [0, 0.05) is 82.3 Å². The van der Waals surface area contributed by atoms with Gasteiger partial charge in [-0.25, -0.2) is 0 Å². The lowest BCUT2D eigenvalue weighted by molar-refractivity contribution is -0.438. The van der Waals surface area contributed by atoms with Gasteiger partial charge in [-0.1, -0.05) is 32.1 Å². The highest BCUT2D eigenvalue weighted by atomic mass is 31.2. The first kappa shape index (κ1) is 42.6. The number of ether oxygens (including phenoxy) is 1. The molecular formula is C41H59N2O8P2+. The summed E-state index contributed by atoms with van der Waals surface area (Å²) < 4.78 is 55.6. The van der Waals surface area contributed by atoms with E-state index in [4.69, 9.17) is 22.8 Å². The van der Waals surface area contributed by atoms with Gasteiger partial charge >= 0.3 is 21.2 Å². The van der Waals surface area contributed by atoms with Crippen molar-refractivity contribution in [3.8, 4) is 0 Å². The van der Waals surface area contributed by atoms with E-state index in [0.29, 0.717) is 17.0 Å². The van der Waals surface area contributed by atoms with Crippen molar-refractivity contribution in [3.05, 3.63) is 83.6 Å². The topological polar surface area (TPSA) is 104 Å². The van der Waals surface area contributed by atoms with Gasteiger partial charge in [0.2, 0.25) is 5.69 Å². The fourth-order valence-electron chi connectivity index (χ4n) is 7.29. The predicted molar refractivity (Wildman–Crippen MR) is 215 cm³/mol. The van der Waals surface area contributed by atoms with Gasteiger partial charge < -0.3 is 27.7 Å². The molecule has 0 radical (unpaired) electrons. The zero-order valence-electron chi connectivity index (χ0n) is 33.6. The lowest BCUT2D eigenvalue weighted by atomic mass is 9.81. The van der Waals surface area contributed by atoms with Crippen LogP contribution < -0.4 is 15.5 Å². The van der Waals surface area contributed by atoms with Gasteiger partial charge in [-0.2, -0.15) is 4.58 Å². The summed E-state index contributed by atoms with van der Waals surface area (Å²) in [5.41, 5.74) is 5.21. The maximum atomic E-state index is 13.4. The number of benzene rings is 2. The number of esters is 1. The average Bonchev–Trinajstić information content (AvgIpc) is 3.47. The molecule has 0 saturated heterocycles. The second-order valence-corrected chi connectivity index (χ2v) is 19.8. The number of hydrogen-bond acceptors (Lipinski definition) is 9. The third kappa shape index (κ3) is 8.91. The maximum absolute atomic E-state index is 13.4. The molecular weight excluding hydrogens is 710 g/mol. The van der Waals surface area contributed by atoms with Crippen molar-refractivity contribution in [2.45, 2.75) is 97.5 Å². The van der Waals surface area contributed by atoms with E-state index in [1.54, 1.807) is 0 Å². The Bertz CT molecular complexity index is 1880. The minimum Gasteiger partial charge on any atom is -0.460 e. The summed E-state index contributed by atoms with van der Waals surface area (Å²) in [6, 6.07) is 11.5. The molecule has 53 heavy (non-hydrogen) atoms. The molecule has 0 atom stereocenters. The Hall–Kier alpha value is -3.10. The lowest BCUT2D eigenvalue weighted by Crippen LogP contribution is -2.28. The second kappa shape index (κ2) is 16.7. The second-order valence-electron chi connectivity index (χ2n) is 15.4. The number of anilines is 1. The minimum absolute atomic E-state index is 0.171. The van der Waals surface area contributed by atoms with Crippen LogP contribution in [-0.2, 0) is 47.6 Å². The molecule has 2 aliphatic rings. The van der Waals surface area contributed by atoms with Crippen molar-refractivity contribution in [2.75, 3.05) is 46.4 Å². The summed E-state index contributed by atoms with van der Waals surface area (Å²) in [7, 11) is -1.24. The van der Waals surface area contributed by atoms with Crippen molar-refractivity contribution < 1.29 is 41.3 Å². The van der Waals surface area contributed by atoms with Gasteiger partial charge in [0.15, 0.2) is 5.71 Å². The smallest absolute Gasteiger partial charge is 0.360 e. The zero-order valence-corrected chi connectivity index (χ0v) is 35.4. The van der Waals surface area contributed by atoms with Crippen LogP contribution in [0.4, 0.5) is 11.4 Å². The first-order valence-corrected chi connectivity index (χ1v) is 21.3. The molecule has 2 aromatic rings. The van der Waals surface area contributed by atoms with E-state index >= 15 is 0 Å². The fourth-order valence-corrected chi connectivity index (χ4v) is 9.52. The number of allylic oxidation sites excluding steroid dienone is 6. The van der Waals surface area contributed by atoms with Gasteiger partial charge in [0.05, 0.1) is 16.0 Å². The van der Waals surface area contributed by atoms with E-state index in [0.717, 1.165) is 66.3 Å². The standard InChI is InChI=1S/C41H59N2O8P2/c1-13-42-34-25-23-30(52(45,47-9)48-10)28-32(34)40(5,6)36(42)20-16-14-17-21-37-41(7,8)33-29-31(53(46,49-11)50-12)24-26-35(33)43(37)27-19-15-18-22-38(44)51-39(2,3)4/h14,16-17,20-21,23-26,28-29H,13,15,18-19,22,27H2,1-12H3/q+1. The molecule has 10 nitrogen and oxygen atoms in total. The zero-order chi connectivity index (χ0) is 39.4. The molecule has 0 aliphatic carbocycles. The van der Waals surface area contributed by atoms with Crippen molar-refractivity contribution >= 4 is 48.9 Å². The Morgan fingerprint density at radius 3 is 1.94 bits per heavy atom. The lowest BCUT2D eigenvalue weighted by Gasteiger charge is -2.25. The molecule has 0 bridgehead atoms. The predicted octanol–water partition coefficient (Wildman–Crippen LogP) is 9.00. The van der Waals surface area contributed by atoms with Gasteiger partial charge in [0.25, 0.3) is 0 Å². The van der Waals surface area contributed by atoms with Crippen LogP contribution in [0, 0.1) is 0 Å². The van der Waals surface area contributed by atoms with Crippen molar-refractivity contribution in [1.82, 2.24) is 0 Å². The van der Waals surface area contributed by atoms with Crippen molar-refractivity contribution in [1.29, 1.82) is 0 Å². The molecule has 2 aliphatic heterocycles. The summed E-state index contributed by atoms with van der Waals surface area (Å²) in [5, 5.41) is 1.05. The van der Waals surface area contributed by atoms with Gasteiger partial charge in [-0.05, 0) is 96.4 Å². The number of nitrogens with zero attached hydrogens (tertiary/aromatic N) is 2. The van der Waals surface area contributed by atoms with E-state index in [1.165, 1.54) is 28.4 Å². The van der Waals surface area contributed by atoms with E-state index in [2.05, 4.69) is 68.4 Å². The SMILES string of the molecule is CCN1\C(=C/C=C/C=C/C2=[N+](CCCCCC(=O)OC(C)(C)C)c3ccc(P(=O)(OC)OC)cc3C2(C)C)C(C)(C)c2cc(P(=O)(OC)OC)ccc21. The quantitative estimate of drug-likeness (QED) is 0.0544. The van der Waals surface area contributed by atoms with Crippen LogP contribution in [0.3, 0.4) is 0 Å². The van der Waals surface area contributed by atoms with Gasteiger partial charge in [-0.15, -0.1) is 0 Å². The van der Waals surface area contributed by atoms with E-state index in [1.807, 2.05) is 63.2 Å². The van der Waals surface area contributed by atoms with E-state index < -0.39 is 26.2 Å². The van der Waals surface area contributed by atoms with Crippen LogP contribution in [0.2, 0.25) is 0 Å². The number of likely N-dealkylation sites (N-methyl/N-ethyl adjacent to an activating group) is 1. The fraction of sp³-hybridized carbons (Fsp3) is 0.512. The van der Waals surface area contributed by atoms with Gasteiger partial charge in [0.1, 0.15) is 12.1 Å². The Kier molecular flexibility index (Phi) is 13.5. The number of carbonyl (C=O) groups is 1. The number of fused-ring (bicyclic) bond motifs is 2. The Balaban J connectivity index is 1.63. The van der Waals surface area contributed by atoms with E-state index in [-0.39, 0.29) is 11.4 Å². The highest BCUT2D eigenvalue weighted by Gasteiger charge is 2.45. The number of carbonyl (C=O) groups excluding carboxylic acids is 1. The normalized spacial score (nSPS) is 17.7. The van der Waals surface area contributed by atoms with Crippen LogP contribution in [0.5, 0.6) is 0 Å². The number of hydrogen-bond donors (Lipinski definition) is 0. The van der Waals surface area contributed by atoms with Crippen molar-refractivity contribution in [3.63, 3.8) is 0 Å². The molecule has 0 spiro atoms. The Labute approximate surface area is 317 Å². The molecule has 0 saturated carbocycles. The third-order valence-electron chi connectivity index (χ3n) is 10.1. The first-order valence-electron chi connectivity index (χ1n) is 18.3. The molecule has 12 heteroatoms. The van der Waals surface area contributed by atoms with Crippen LogP contribution in [0.1, 0.15) is 92.2 Å². The molecule has 0 amide bonds. The molecule has 4 rings (SSSR count). The Morgan fingerprint density at radius 2 is 1.38 bits per heavy atom. The van der Waals surface area contributed by atoms with Crippen LogP contribution in [-0.4, -0.2) is 63.4 Å². The van der Waals surface area contributed by atoms with Crippen LogP contribution in [0.25, 0.3) is 0 Å². The summed E-state index contributed by atoms with van der Waals surface area (Å²) in [6.07, 6.45) is 13.3. The number of rotatable bonds is 16. The summed E-state index contributed by atoms with van der Waals surface area (Å²) in [6.45, 7) is 18.0. The molecule has 0 fully saturated rings. The number of unbranched alkanes of at least 4 members (excludes halogenated alkanes) is 2. The molecule has 2 heterocycles. The van der Waals surface area contributed by atoms with Crippen LogP contribution in [0.15, 0.2) is 72.5 Å². The monoisotopic (exact) mass is 769 g/mol. The summed E-state index contributed by atoms with van der Waals surface area (Å²) in [4.78, 5) is 14.6. The average molecular weight is 770 g/mol. The first-order chi connectivity index (χ1) is 24.8. The maximum Gasteiger partial charge on any atom is 0.360 e. The largest absolute Gasteiger partial charge is 0.460 e. The highest BCUT2D eigenvalue weighted by molar-refractivity contribution is 7.62. The summed E-state index contributed by atoms with van der Waals surface area (Å²) in [5.74, 6) is -0.171. The Morgan fingerprint density at radius 1 is 0.792 bits per heavy atom. The minimum atomic E-state index is -3.45. The van der Waals surface area contributed by atoms with Gasteiger partial charge in [-0.3, -0.25) is 13.9 Å². The highest BCUT2D eigenvalue weighted by Crippen LogP contribution is 2.51. The van der Waals surface area contributed by atoms with Crippen LogP contribution >= 0.6 is 15.2 Å². The third-order valence-corrected chi connectivity index (χ3v) is 13.8. The molecule has 0 unspecified atom stereocenters. The molecule has 290 valence electrons. The van der Waals surface area contributed by atoms with E-state index in [9.17, 15) is 13.9 Å². The molecule has 0 N–H and O–H groups in total. The summed E-state index contributed by atoms with van der Waals surface area (Å²) >= 11 is 0.